The van der Waals surface area contributed by atoms with Crippen LogP contribution in [0.15, 0.2) is 0 Å². The highest BCUT2D eigenvalue weighted by Gasteiger charge is 2.49. The zero-order valence-corrected chi connectivity index (χ0v) is 15.7. The maximum absolute atomic E-state index is 6.47. The first-order chi connectivity index (χ1) is 9.99. The van der Waals surface area contributed by atoms with Crippen molar-refractivity contribution in [3.63, 3.8) is 0 Å². The Labute approximate surface area is 147 Å². The zero-order valence-electron chi connectivity index (χ0n) is 11.8. The molecule has 0 aromatic heterocycles. The molecule has 9 atom stereocenters. The number of hydrogen-bond donors (Lipinski definition) is 0. The summed E-state index contributed by atoms with van der Waals surface area (Å²) in [6.45, 7) is 2.05. The van der Waals surface area contributed by atoms with Crippen LogP contribution in [0, 0.1) is 12.3 Å². The highest BCUT2D eigenvalue weighted by molar-refractivity contribution is 9.09. The van der Waals surface area contributed by atoms with Crippen molar-refractivity contribution >= 4 is 43.5 Å². The molecule has 0 amide bonds. The van der Waals surface area contributed by atoms with Crippen molar-refractivity contribution in [3.05, 3.63) is 0 Å². The van der Waals surface area contributed by atoms with Crippen molar-refractivity contribution < 1.29 is 14.2 Å². The fraction of sp³-hybridized carbons (Fsp3) is 0.867. The molecule has 118 valence electrons. The van der Waals surface area contributed by atoms with E-state index in [0.29, 0.717) is 6.42 Å². The van der Waals surface area contributed by atoms with E-state index in [0.717, 1.165) is 12.8 Å². The number of ether oxygens (including phenoxy) is 3. The Morgan fingerprint density at radius 3 is 2.62 bits per heavy atom. The molecule has 3 saturated heterocycles. The summed E-state index contributed by atoms with van der Waals surface area (Å²) in [6, 6.07) is 0. The van der Waals surface area contributed by atoms with Crippen molar-refractivity contribution in [2.45, 2.75) is 77.8 Å². The fourth-order valence-electron chi connectivity index (χ4n) is 3.24. The van der Waals surface area contributed by atoms with Crippen LogP contribution in [-0.4, -0.2) is 51.7 Å². The Bertz CT molecular complexity index is 430. The maximum Gasteiger partial charge on any atom is 0.110 e. The highest BCUT2D eigenvalue weighted by Crippen LogP contribution is 2.40. The largest absolute Gasteiger partial charge is 0.372 e. The van der Waals surface area contributed by atoms with Gasteiger partial charge in [0.15, 0.2) is 0 Å². The third-order valence-corrected chi connectivity index (χ3v) is 6.77. The molecule has 0 aromatic carbocycles. The van der Waals surface area contributed by atoms with Crippen LogP contribution in [0.1, 0.15) is 26.2 Å². The van der Waals surface area contributed by atoms with Crippen molar-refractivity contribution in [1.82, 2.24) is 0 Å². The summed E-state index contributed by atoms with van der Waals surface area (Å²) in [5.74, 6) is 2.71. The fourth-order valence-corrected chi connectivity index (χ4v) is 4.63. The third-order valence-electron chi connectivity index (χ3n) is 4.50. The molecule has 3 rings (SSSR count). The first kappa shape index (κ1) is 16.5. The predicted molar refractivity (Wildman–Crippen MR) is 89.4 cm³/mol. The van der Waals surface area contributed by atoms with Gasteiger partial charge in [-0.05, 0) is 19.8 Å². The minimum absolute atomic E-state index is 0.00396. The lowest BCUT2D eigenvalue weighted by Crippen LogP contribution is -2.35. The van der Waals surface area contributed by atoms with Crippen molar-refractivity contribution in [1.29, 1.82) is 0 Å². The van der Waals surface area contributed by atoms with Crippen LogP contribution in [0.3, 0.4) is 0 Å². The molecule has 2 bridgehead atoms. The van der Waals surface area contributed by atoms with E-state index in [2.05, 4.69) is 37.8 Å². The van der Waals surface area contributed by atoms with Gasteiger partial charge < -0.3 is 14.2 Å². The van der Waals surface area contributed by atoms with Crippen molar-refractivity contribution in [2.24, 2.45) is 0 Å². The van der Waals surface area contributed by atoms with Gasteiger partial charge >= 0.3 is 0 Å². The molecular weight excluding hydrogens is 423 g/mol. The molecule has 0 spiro atoms. The SMILES string of the molecule is C#CC(Br)C1CC2OC(CC2Cl)C(Br)CC2OC2C(C)O1. The molecule has 3 aliphatic rings. The van der Waals surface area contributed by atoms with Gasteiger partial charge in [0.1, 0.15) is 10.9 Å². The first-order valence-corrected chi connectivity index (χ1v) is 9.61. The number of fused-ring (bicyclic) bond motifs is 3. The van der Waals surface area contributed by atoms with Crippen LogP contribution in [0.4, 0.5) is 0 Å². The molecule has 0 aliphatic carbocycles. The Kier molecular flexibility index (Phi) is 5.25. The summed E-state index contributed by atoms with van der Waals surface area (Å²) in [6.07, 6.45) is 8.45. The summed E-state index contributed by atoms with van der Waals surface area (Å²) in [4.78, 5) is 0.124. The van der Waals surface area contributed by atoms with E-state index in [4.69, 9.17) is 32.2 Å². The average Bonchev–Trinajstić information content (AvgIpc) is 3.12. The second-order valence-electron chi connectivity index (χ2n) is 6.04. The van der Waals surface area contributed by atoms with Crippen molar-refractivity contribution in [3.8, 4) is 12.3 Å². The molecule has 9 unspecified atom stereocenters. The normalized spacial score (nSPS) is 51.4. The van der Waals surface area contributed by atoms with Crippen LogP contribution in [0.2, 0.25) is 0 Å². The molecular formula is C15H19Br2ClO3. The van der Waals surface area contributed by atoms with Crippen LogP contribution >= 0.6 is 43.5 Å². The van der Waals surface area contributed by atoms with Gasteiger partial charge in [-0.25, -0.2) is 0 Å². The Hall–Kier alpha value is 0.690. The third kappa shape index (κ3) is 3.62. The van der Waals surface area contributed by atoms with E-state index in [1.54, 1.807) is 0 Å². The van der Waals surface area contributed by atoms with E-state index in [-0.39, 0.29) is 51.7 Å². The maximum atomic E-state index is 6.47. The minimum Gasteiger partial charge on any atom is -0.372 e. The van der Waals surface area contributed by atoms with E-state index in [1.807, 2.05) is 6.92 Å². The van der Waals surface area contributed by atoms with E-state index < -0.39 is 0 Å². The van der Waals surface area contributed by atoms with Crippen LogP contribution in [-0.2, 0) is 14.2 Å². The monoisotopic (exact) mass is 440 g/mol. The lowest BCUT2D eigenvalue weighted by Gasteiger charge is -2.26. The molecule has 3 fully saturated rings. The molecule has 0 saturated carbocycles. The lowest BCUT2D eigenvalue weighted by atomic mass is 10.0. The minimum atomic E-state index is -0.149. The summed E-state index contributed by atoms with van der Waals surface area (Å²) < 4.78 is 18.1. The molecule has 6 heteroatoms. The molecule has 3 aliphatic heterocycles. The summed E-state index contributed by atoms with van der Waals surface area (Å²) in [7, 11) is 0. The predicted octanol–water partition coefficient (Wildman–Crippen LogP) is 3.25. The topological polar surface area (TPSA) is 31.0 Å². The lowest BCUT2D eigenvalue weighted by molar-refractivity contribution is -0.0452. The standard InChI is InChI=1S/C15H19Br2ClO3/c1-3-8(16)12-6-13-10(18)5-11(20-13)9(17)4-14-15(21-14)7(2)19-12/h1,7-15H,4-6H2,2H3. The number of hydrogen-bond acceptors (Lipinski definition) is 3. The van der Waals surface area contributed by atoms with Crippen LogP contribution in [0.5, 0.6) is 0 Å². The molecule has 0 N–H and O–H groups in total. The molecule has 3 heterocycles. The van der Waals surface area contributed by atoms with Gasteiger partial charge in [-0.1, -0.05) is 37.8 Å². The van der Waals surface area contributed by atoms with E-state index in [1.165, 1.54) is 0 Å². The molecule has 0 radical (unpaired) electrons. The van der Waals surface area contributed by atoms with Crippen LogP contribution < -0.4 is 0 Å². The smallest absolute Gasteiger partial charge is 0.110 e. The summed E-state index contributed by atoms with van der Waals surface area (Å²) in [5, 5.41) is 0.00396. The molecule has 0 aromatic rings. The number of terminal acetylenes is 1. The van der Waals surface area contributed by atoms with Crippen molar-refractivity contribution in [2.75, 3.05) is 0 Å². The molecule has 21 heavy (non-hydrogen) atoms. The summed E-state index contributed by atoms with van der Waals surface area (Å²) in [5.41, 5.74) is 0. The Morgan fingerprint density at radius 1 is 1.14 bits per heavy atom. The van der Waals surface area contributed by atoms with E-state index in [9.17, 15) is 0 Å². The van der Waals surface area contributed by atoms with Gasteiger partial charge in [0.05, 0.1) is 35.9 Å². The second kappa shape index (κ2) is 6.67. The second-order valence-corrected chi connectivity index (χ2v) is 8.76. The quantitative estimate of drug-likeness (QED) is 0.355. The molecule has 3 nitrogen and oxygen atoms in total. The Balaban J connectivity index is 1.78. The van der Waals surface area contributed by atoms with Gasteiger partial charge in [-0.2, -0.15) is 0 Å². The van der Waals surface area contributed by atoms with E-state index >= 15 is 0 Å². The van der Waals surface area contributed by atoms with Gasteiger partial charge in [0, 0.05) is 11.2 Å². The van der Waals surface area contributed by atoms with Gasteiger partial charge in [0.2, 0.25) is 0 Å². The number of halogens is 3. The summed E-state index contributed by atoms with van der Waals surface area (Å²) >= 11 is 13.7. The van der Waals surface area contributed by atoms with Crippen LogP contribution in [0.25, 0.3) is 0 Å². The highest BCUT2D eigenvalue weighted by atomic mass is 79.9. The number of alkyl halides is 3. The zero-order chi connectivity index (χ0) is 15.1. The van der Waals surface area contributed by atoms with Gasteiger partial charge in [0.25, 0.3) is 0 Å². The van der Waals surface area contributed by atoms with Gasteiger partial charge in [-0.15, -0.1) is 18.0 Å². The van der Waals surface area contributed by atoms with Gasteiger partial charge in [-0.3, -0.25) is 0 Å². The average molecular weight is 443 g/mol. The number of epoxide rings is 1. The Morgan fingerprint density at radius 2 is 1.90 bits per heavy atom. The first-order valence-electron chi connectivity index (χ1n) is 7.34. The number of rotatable bonds is 1.